The molecule has 0 fully saturated rings. The summed E-state index contributed by atoms with van der Waals surface area (Å²) in [5.41, 5.74) is 0.0509. The molecular weight excluding hydrogens is 344 g/mol. The Bertz CT molecular complexity index is 523. The average Bonchev–Trinajstić information content (AvgIpc) is 2.07. The second-order valence-electron chi connectivity index (χ2n) is 2.32. The second-order valence-corrected chi connectivity index (χ2v) is 6.02. The minimum absolute atomic E-state index is 0.0425. The lowest BCUT2D eigenvalue weighted by atomic mass is 10.2. The van der Waals surface area contributed by atoms with Crippen molar-refractivity contribution in [2.45, 2.75) is 4.90 Å². The highest BCUT2D eigenvalue weighted by Crippen LogP contribution is 2.24. The van der Waals surface area contributed by atoms with E-state index in [0.29, 0.717) is 0 Å². The van der Waals surface area contributed by atoms with E-state index in [4.69, 9.17) is 15.9 Å². The topological polar surface area (TPSA) is 57.9 Å². The molecular formula is C7H2ClFINO2S. The van der Waals surface area contributed by atoms with Crippen molar-refractivity contribution < 1.29 is 12.8 Å². The first-order valence-electron chi connectivity index (χ1n) is 3.20. The highest BCUT2D eigenvalue weighted by Gasteiger charge is 2.19. The summed E-state index contributed by atoms with van der Waals surface area (Å²) in [4.78, 5) is -0.664. The summed E-state index contributed by atoms with van der Waals surface area (Å²) < 4.78 is 35.0. The molecule has 0 aromatic heterocycles. The van der Waals surface area contributed by atoms with Crippen LogP contribution in [-0.4, -0.2) is 8.42 Å². The molecule has 0 N–H and O–H groups in total. The summed E-state index contributed by atoms with van der Waals surface area (Å²) in [6.07, 6.45) is 0. The maximum absolute atomic E-state index is 13.2. The number of rotatable bonds is 1. The molecule has 1 aromatic carbocycles. The van der Waals surface area contributed by atoms with Gasteiger partial charge in [0.05, 0.1) is 15.2 Å². The van der Waals surface area contributed by atoms with Gasteiger partial charge in [-0.1, -0.05) is 0 Å². The van der Waals surface area contributed by atoms with E-state index in [1.807, 2.05) is 0 Å². The lowest BCUT2D eigenvalue weighted by molar-refractivity contribution is 0.570. The standard InChI is InChI=1S/C7H2ClFINO2S/c8-14(12,13)6-2-4(3-11)1-5(10)7(6)9/h1-2H. The molecule has 0 heterocycles. The Labute approximate surface area is 98.0 Å². The second kappa shape index (κ2) is 4.00. The Morgan fingerprint density at radius 1 is 1.50 bits per heavy atom. The predicted octanol–water partition coefficient (Wildman–Crippen LogP) is 2.23. The molecule has 0 amide bonds. The van der Waals surface area contributed by atoms with E-state index in [1.165, 1.54) is 6.07 Å². The fourth-order valence-electron chi connectivity index (χ4n) is 0.806. The van der Waals surface area contributed by atoms with Crippen LogP contribution in [0.25, 0.3) is 0 Å². The number of hydrogen-bond donors (Lipinski definition) is 0. The van der Waals surface area contributed by atoms with Crippen molar-refractivity contribution in [3.63, 3.8) is 0 Å². The summed E-state index contributed by atoms with van der Waals surface area (Å²) >= 11 is 1.59. The Kier molecular flexibility index (Phi) is 3.34. The van der Waals surface area contributed by atoms with Gasteiger partial charge in [-0.05, 0) is 34.7 Å². The van der Waals surface area contributed by atoms with Crippen molar-refractivity contribution in [2.24, 2.45) is 0 Å². The molecule has 0 saturated heterocycles. The summed E-state index contributed by atoms with van der Waals surface area (Å²) in [6, 6.07) is 3.85. The molecule has 74 valence electrons. The van der Waals surface area contributed by atoms with Crippen LogP contribution in [0.5, 0.6) is 0 Å². The van der Waals surface area contributed by atoms with Crippen LogP contribution in [0.1, 0.15) is 5.56 Å². The molecule has 3 nitrogen and oxygen atoms in total. The minimum Gasteiger partial charge on any atom is -0.207 e. The molecule has 0 saturated carbocycles. The molecule has 14 heavy (non-hydrogen) atoms. The van der Waals surface area contributed by atoms with Gasteiger partial charge in [-0.3, -0.25) is 0 Å². The van der Waals surface area contributed by atoms with Crippen molar-refractivity contribution in [2.75, 3.05) is 0 Å². The van der Waals surface area contributed by atoms with Crippen LogP contribution in [0.3, 0.4) is 0 Å². The van der Waals surface area contributed by atoms with Crippen molar-refractivity contribution in [1.29, 1.82) is 5.26 Å². The van der Waals surface area contributed by atoms with Gasteiger partial charge >= 0.3 is 0 Å². The molecule has 7 heteroatoms. The van der Waals surface area contributed by atoms with E-state index in [9.17, 15) is 12.8 Å². The van der Waals surface area contributed by atoms with E-state index < -0.39 is 19.8 Å². The van der Waals surface area contributed by atoms with Crippen molar-refractivity contribution in [3.05, 3.63) is 27.1 Å². The molecule has 0 unspecified atom stereocenters. The maximum Gasteiger partial charge on any atom is 0.264 e. The summed E-state index contributed by atoms with van der Waals surface area (Å²) in [5.74, 6) is -0.931. The lowest BCUT2D eigenvalue weighted by Gasteiger charge is -2.01. The fourth-order valence-corrected chi connectivity index (χ4v) is 2.54. The Hall–Kier alpha value is -0.390. The summed E-state index contributed by atoms with van der Waals surface area (Å²) in [6.45, 7) is 0. The zero-order valence-corrected chi connectivity index (χ0v) is 10.2. The Morgan fingerprint density at radius 3 is 2.50 bits per heavy atom. The van der Waals surface area contributed by atoms with Crippen molar-refractivity contribution >= 4 is 42.3 Å². The molecule has 0 spiro atoms. The van der Waals surface area contributed by atoms with Crippen LogP contribution >= 0.6 is 33.3 Å². The number of hydrogen-bond acceptors (Lipinski definition) is 3. The third-order valence-corrected chi connectivity index (χ3v) is 3.49. The first-order valence-corrected chi connectivity index (χ1v) is 6.59. The van der Waals surface area contributed by atoms with Crippen molar-refractivity contribution in [3.8, 4) is 6.07 Å². The Balaban J connectivity index is 3.61. The Morgan fingerprint density at radius 2 is 2.07 bits per heavy atom. The molecule has 0 atom stereocenters. The molecule has 1 aromatic rings. The molecule has 0 aliphatic carbocycles. The van der Waals surface area contributed by atoms with Gasteiger partial charge in [0.1, 0.15) is 4.90 Å². The smallest absolute Gasteiger partial charge is 0.207 e. The number of halogens is 3. The van der Waals surface area contributed by atoms with Gasteiger partial charge in [-0.15, -0.1) is 0 Å². The van der Waals surface area contributed by atoms with Crippen molar-refractivity contribution in [1.82, 2.24) is 0 Å². The minimum atomic E-state index is -4.15. The zero-order chi connectivity index (χ0) is 10.9. The molecule has 0 radical (unpaired) electrons. The maximum atomic E-state index is 13.2. The summed E-state index contributed by atoms with van der Waals surface area (Å²) in [5, 5.41) is 8.53. The van der Waals surface area contributed by atoms with E-state index in [2.05, 4.69) is 0 Å². The summed E-state index contributed by atoms with van der Waals surface area (Å²) in [7, 11) is 0.837. The molecule has 0 aliphatic heterocycles. The monoisotopic (exact) mass is 345 g/mol. The van der Waals surface area contributed by atoms with Crippen LogP contribution in [0, 0.1) is 20.7 Å². The first-order chi connectivity index (χ1) is 6.36. The van der Waals surface area contributed by atoms with Crippen LogP contribution < -0.4 is 0 Å². The SMILES string of the molecule is N#Cc1cc(I)c(F)c(S(=O)(=O)Cl)c1. The number of benzene rings is 1. The third kappa shape index (κ3) is 2.34. The largest absolute Gasteiger partial charge is 0.264 e. The van der Waals surface area contributed by atoms with Crippen LogP contribution in [0.2, 0.25) is 0 Å². The lowest BCUT2D eigenvalue weighted by Crippen LogP contribution is -1.99. The number of nitrogens with zero attached hydrogens (tertiary/aromatic N) is 1. The molecule has 1 rings (SSSR count). The van der Waals surface area contributed by atoms with Gasteiger partial charge in [-0.2, -0.15) is 5.26 Å². The van der Waals surface area contributed by atoms with Gasteiger partial charge in [0.2, 0.25) is 0 Å². The van der Waals surface area contributed by atoms with E-state index in [-0.39, 0.29) is 9.13 Å². The predicted molar refractivity (Wildman–Crippen MR) is 56.9 cm³/mol. The first kappa shape index (κ1) is 11.7. The van der Waals surface area contributed by atoms with E-state index in [0.717, 1.165) is 6.07 Å². The highest BCUT2D eigenvalue weighted by molar-refractivity contribution is 14.1. The van der Waals surface area contributed by atoms with Gasteiger partial charge < -0.3 is 0 Å². The fraction of sp³-hybridized carbons (Fsp3) is 0. The van der Waals surface area contributed by atoms with Gasteiger partial charge in [0.15, 0.2) is 5.82 Å². The normalized spacial score (nSPS) is 11.0. The molecule has 0 aliphatic rings. The highest BCUT2D eigenvalue weighted by atomic mass is 127. The quantitative estimate of drug-likeness (QED) is 0.579. The van der Waals surface area contributed by atoms with E-state index in [1.54, 1.807) is 28.7 Å². The van der Waals surface area contributed by atoms with E-state index >= 15 is 0 Å². The average molecular weight is 346 g/mol. The van der Waals surface area contributed by atoms with Gasteiger partial charge in [0.25, 0.3) is 9.05 Å². The number of nitriles is 1. The van der Waals surface area contributed by atoms with Gasteiger partial charge in [0, 0.05) is 10.7 Å². The zero-order valence-electron chi connectivity index (χ0n) is 6.46. The third-order valence-electron chi connectivity index (χ3n) is 1.39. The molecule has 0 bridgehead atoms. The van der Waals surface area contributed by atoms with Crippen LogP contribution in [-0.2, 0) is 9.05 Å². The van der Waals surface area contributed by atoms with Gasteiger partial charge in [-0.25, -0.2) is 12.8 Å². The van der Waals surface area contributed by atoms with Crippen LogP contribution in [0.4, 0.5) is 4.39 Å². The van der Waals surface area contributed by atoms with Crippen LogP contribution in [0.15, 0.2) is 17.0 Å².